The van der Waals surface area contributed by atoms with Crippen LogP contribution in [0.3, 0.4) is 0 Å². The smallest absolute Gasteiger partial charge is 0.295 e. The summed E-state index contributed by atoms with van der Waals surface area (Å²) in [5.74, 6) is -1.45. The van der Waals surface area contributed by atoms with Gasteiger partial charge in [0.15, 0.2) is 0 Å². The number of nitrogens with zero attached hydrogens (tertiary/aromatic N) is 2. The van der Waals surface area contributed by atoms with Crippen LogP contribution in [0, 0.1) is 0 Å². The number of hydrogen-bond donors (Lipinski definition) is 1. The minimum Gasteiger partial charge on any atom is -0.507 e. The highest BCUT2D eigenvalue weighted by atomic mass is 32.2. The third kappa shape index (κ3) is 4.87. The van der Waals surface area contributed by atoms with Gasteiger partial charge in [-0.25, -0.2) is 8.42 Å². The van der Waals surface area contributed by atoms with Crippen LogP contribution < -0.4 is 4.74 Å². The number of carbonyl (C=O) groups is 2. The van der Waals surface area contributed by atoms with E-state index >= 15 is 0 Å². The van der Waals surface area contributed by atoms with Crippen molar-refractivity contribution < 1.29 is 37.3 Å². The highest BCUT2D eigenvalue weighted by molar-refractivity contribution is 7.89. The lowest BCUT2D eigenvalue weighted by atomic mass is 9.95. The van der Waals surface area contributed by atoms with Gasteiger partial charge in [0.1, 0.15) is 11.5 Å². The first-order valence-corrected chi connectivity index (χ1v) is 12.8. The highest BCUT2D eigenvalue weighted by Gasteiger charge is 2.46. The molecule has 0 aromatic heterocycles. The number of hydrogen-bond acceptors (Lipinski definition) is 8. The van der Waals surface area contributed by atoms with E-state index in [1.807, 2.05) is 0 Å². The van der Waals surface area contributed by atoms with Gasteiger partial charge in [0.2, 0.25) is 10.0 Å². The van der Waals surface area contributed by atoms with Gasteiger partial charge in [-0.3, -0.25) is 9.59 Å². The van der Waals surface area contributed by atoms with Crippen molar-refractivity contribution in [2.45, 2.75) is 10.9 Å². The van der Waals surface area contributed by atoms with E-state index in [4.69, 9.17) is 14.2 Å². The molecule has 0 aliphatic carbocycles. The summed E-state index contributed by atoms with van der Waals surface area (Å²) in [7, 11) is -0.728. The molecule has 2 aromatic carbocycles. The summed E-state index contributed by atoms with van der Waals surface area (Å²) in [6.07, 6.45) is 0. The number of ketones is 1. The van der Waals surface area contributed by atoms with Crippen molar-refractivity contribution >= 4 is 27.5 Å². The average Bonchev–Trinajstić information content (AvgIpc) is 3.17. The normalized spacial score (nSPS) is 20.6. The van der Waals surface area contributed by atoms with Crippen molar-refractivity contribution in [1.29, 1.82) is 0 Å². The van der Waals surface area contributed by atoms with Crippen molar-refractivity contribution in [3.8, 4) is 5.75 Å². The molecule has 192 valence electrons. The second-order valence-corrected chi connectivity index (χ2v) is 10.2. The van der Waals surface area contributed by atoms with E-state index in [1.54, 1.807) is 24.3 Å². The summed E-state index contributed by atoms with van der Waals surface area (Å²) in [5.41, 5.74) is 0.708. The Hall–Kier alpha value is -3.25. The van der Waals surface area contributed by atoms with Crippen LogP contribution >= 0.6 is 0 Å². The topological polar surface area (TPSA) is 123 Å². The molecule has 0 saturated carbocycles. The zero-order chi connectivity index (χ0) is 25.9. The first-order valence-electron chi connectivity index (χ1n) is 11.4. The number of benzene rings is 2. The van der Waals surface area contributed by atoms with Gasteiger partial charge < -0.3 is 24.2 Å². The lowest BCUT2D eigenvalue weighted by Crippen LogP contribution is -2.40. The Morgan fingerprint density at radius 2 is 1.78 bits per heavy atom. The van der Waals surface area contributed by atoms with Crippen molar-refractivity contribution in [3.05, 3.63) is 65.2 Å². The molecule has 0 spiro atoms. The molecule has 2 aliphatic rings. The fraction of sp³-hybridized carbons (Fsp3) is 0.360. The predicted octanol–water partition coefficient (Wildman–Crippen LogP) is 1.78. The first-order chi connectivity index (χ1) is 17.3. The quantitative estimate of drug-likeness (QED) is 0.320. The molecule has 0 radical (unpaired) electrons. The Morgan fingerprint density at radius 1 is 1.08 bits per heavy atom. The van der Waals surface area contributed by atoms with E-state index in [-0.39, 0.29) is 42.3 Å². The summed E-state index contributed by atoms with van der Waals surface area (Å²) < 4.78 is 42.8. The molecule has 2 heterocycles. The number of Topliss-reactive ketones (excluding diaryl/α,β-unsaturated/α-hetero) is 1. The SMILES string of the molecule is COCCN1C(=O)C(=O)/C(=C(/O)c2ccc(S(=O)(=O)N3CCOCC3)cc2)[C@H]1c1cccc(OC)c1. The number of ether oxygens (including phenoxy) is 3. The second kappa shape index (κ2) is 10.8. The number of aliphatic hydroxyl groups excluding tert-OH is 1. The van der Waals surface area contributed by atoms with E-state index in [2.05, 4.69) is 0 Å². The highest BCUT2D eigenvalue weighted by Crippen LogP contribution is 2.40. The van der Waals surface area contributed by atoms with E-state index in [1.165, 1.54) is 47.7 Å². The van der Waals surface area contributed by atoms with Gasteiger partial charge in [0.05, 0.1) is 43.4 Å². The van der Waals surface area contributed by atoms with Gasteiger partial charge in [-0.2, -0.15) is 4.31 Å². The summed E-state index contributed by atoms with van der Waals surface area (Å²) in [6, 6.07) is 11.6. The Kier molecular flexibility index (Phi) is 7.74. The standard InChI is InChI=1S/C25H28N2O8S/c1-33-13-12-27-22(18-4-3-5-19(16-18)34-2)21(24(29)25(27)30)23(28)17-6-8-20(9-7-17)36(31,32)26-10-14-35-15-11-26/h3-9,16,22,28H,10-15H2,1-2H3/b23-21+/t22-/m1/s1. The fourth-order valence-corrected chi connectivity index (χ4v) is 5.74. The number of amides is 1. The molecule has 2 saturated heterocycles. The van der Waals surface area contributed by atoms with Crippen LogP contribution in [0.15, 0.2) is 59.0 Å². The minimum atomic E-state index is -3.73. The van der Waals surface area contributed by atoms with Crippen LogP contribution in [-0.2, 0) is 29.1 Å². The molecule has 10 nitrogen and oxygen atoms in total. The van der Waals surface area contributed by atoms with Gasteiger partial charge in [-0.1, -0.05) is 12.1 Å². The van der Waals surface area contributed by atoms with Crippen molar-refractivity contribution in [2.24, 2.45) is 0 Å². The van der Waals surface area contributed by atoms with Crippen LogP contribution in [-0.4, -0.2) is 88.1 Å². The lowest BCUT2D eigenvalue weighted by Gasteiger charge is -2.26. The van der Waals surface area contributed by atoms with Crippen molar-refractivity contribution in [1.82, 2.24) is 9.21 Å². The first kappa shape index (κ1) is 25.8. The largest absolute Gasteiger partial charge is 0.507 e. The maximum Gasteiger partial charge on any atom is 0.295 e. The number of carbonyl (C=O) groups excluding carboxylic acids is 2. The molecule has 2 fully saturated rings. The molecule has 36 heavy (non-hydrogen) atoms. The number of methoxy groups -OCH3 is 2. The molecule has 2 aliphatic heterocycles. The van der Waals surface area contributed by atoms with E-state index in [0.29, 0.717) is 24.5 Å². The molecule has 1 amide bonds. The third-order valence-electron chi connectivity index (χ3n) is 6.22. The lowest BCUT2D eigenvalue weighted by molar-refractivity contribution is -0.140. The van der Waals surface area contributed by atoms with Gasteiger partial charge >= 0.3 is 0 Å². The zero-order valence-electron chi connectivity index (χ0n) is 20.0. The number of aliphatic hydroxyl groups is 1. The molecule has 1 atom stereocenters. The Morgan fingerprint density at radius 3 is 2.42 bits per heavy atom. The Labute approximate surface area is 209 Å². The van der Waals surface area contributed by atoms with Crippen molar-refractivity contribution in [2.75, 3.05) is 53.7 Å². The van der Waals surface area contributed by atoms with Gasteiger partial charge in [0.25, 0.3) is 11.7 Å². The molecule has 11 heteroatoms. The van der Waals surface area contributed by atoms with Crippen LogP contribution in [0.5, 0.6) is 5.75 Å². The zero-order valence-corrected chi connectivity index (χ0v) is 20.9. The number of sulfonamides is 1. The fourth-order valence-electron chi connectivity index (χ4n) is 4.33. The van der Waals surface area contributed by atoms with Crippen LogP contribution in [0.25, 0.3) is 5.76 Å². The minimum absolute atomic E-state index is 0.0610. The number of rotatable bonds is 8. The van der Waals surface area contributed by atoms with Gasteiger partial charge in [-0.15, -0.1) is 0 Å². The van der Waals surface area contributed by atoms with E-state index in [0.717, 1.165) is 0 Å². The Balaban J connectivity index is 1.74. The molecule has 0 bridgehead atoms. The van der Waals surface area contributed by atoms with Crippen LogP contribution in [0.1, 0.15) is 17.2 Å². The van der Waals surface area contributed by atoms with Crippen LogP contribution in [0.4, 0.5) is 0 Å². The summed E-state index contributed by atoms with van der Waals surface area (Å²) >= 11 is 0. The maximum absolute atomic E-state index is 13.1. The number of morpholine rings is 1. The Bertz CT molecular complexity index is 1270. The summed E-state index contributed by atoms with van der Waals surface area (Å²) in [5, 5.41) is 11.2. The predicted molar refractivity (Wildman–Crippen MR) is 130 cm³/mol. The molecule has 2 aromatic rings. The molecule has 0 unspecified atom stereocenters. The van der Waals surface area contributed by atoms with E-state index in [9.17, 15) is 23.1 Å². The molecular formula is C25H28N2O8S. The molecular weight excluding hydrogens is 488 g/mol. The maximum atomic E-state index is 13.1. The van der Waals surface area contributed by atoms with E-state index < -0.39 is 33.5 Å². The summed E-state index contributed by atoms with van der Waals surface area (Å²) in [4.78, 5) is 27.4. The molecule has 1 N–H and O–H groups in total. The third-order valence-corrected chi connectivity index (χ3v) is 8.13. The monoisotopic (exact) mass is 516 g/mol. The van der Waals surface area contributed by atoms with Gasteiger partial charge in [-0.05, 0) is 42.0 Å². The second-order valence-electron chi connectivity index (χ2n) is 8.30. The van der Waals surface area contributed by atoms with Crippen LogP contribution in [0.2, 0.25) is 0 Å². The molecule has 4 rings (SSSR count). The summed E-state index contributed by atoms with van der Waals surface area (Å²) in [6.45, 7) is 1.50. The van der Waals surface area contributed by atoms with Gasteiger partial charge in [0, 0.05) is 32.3 Å². The van der Waals surface area contributed by atoms with Crippen molar-refractivity contribution in [3.63, 3.8) is 0 Å². The number of likely N-dealkylation sites (tertiary alicyclic amines) is 1. The average molecular weight is 517 g/mol.